The van der Waals surface area contributed by atoms with Gasteiger partial charge in [0.2, 0.25) is 5.91 Å². The van der Waals surface area contributed by atoms with Crippen molar-refractivity contribution >= 4 is 5.91 Å². The van der Waals surface area contributed by atoms with E-state index in [0.717, 1.165) is 4.68 Å². The van der Waals surface area contributed by atoms with Crippen LogP contribution < -0.4 is 15.6 Å². The summed E-state index contributed by atoms with van der Waals surface area (Å²) in [5.74, 6) is -0.466. The molecule has 6 nitrogen and oxygen atoms in total. The van der Waals surface area contributed by atoms with Crippen LogP contribution in [0.25, 0.3) is 11.3 Å². The number of benzene rings is 1. The van der Waals surface area contributed by atoms with Crippen LogP contribution in [0.2, 0.25) is 0 Å². The van der Waals surface area contributed by atoms with Gasteiger partial charge in [-0.3, -0.25) is 9.59 Å². The second-order valence-electron chi connectivity index (χ2n) is 5.28. The Balaban J connectivity index is 2.33. The van der Waals surface area contributed by atoms with Gasteiger partial charge in [0.15, 0.2) is 0 Å². The van der Waals surface area contributed by atoms with E-state index in [4.69, 9.17) is 4.74 Å². The number of halogens is 1. The quantitative estimate of drug-likeness (QED) is 0.908. The van der Waals surface area contributed by atoms with E-state index in [-0.39, 0.29) is 29.8 Å². The lowest BCUT2D eigenvalue weighted by Crippen LogP contribution is -2.36. The van der Waals surface area contributed by atoms with Crippen LogP contribution in [0.15, 0.2) is 35.1 Å². The molecule has 1 N–H and O–H groups in total. The highest BCUT2D eigenvalue weighted by Gasteiger charge is 2.12. The maximum atomic E-state index is 14.1. The number of amides is 1. The predicted molar refractivity (Wildman–Crippen MR) is 83.7 cm³/mol. The third kappa shape index (κ3) is 4.15. The van der Waals surface area contributed by atoms with Crippen molar-refractivity contribution in [2.45, 2.75) is 26.4 Å². The van der Waals surface area contributed by atoms with Crippen molar-refractivity contribution in [1.29, 1.82) is 0 Å². The smallest absolute Gasteiger partial charge is 0.267 e. The lowest BCUT2D eigenvalue weighted by Gasteiger charge is -2.10. The summed E-state index contributed by atoms with van der Waals surface area (Å²) < 4.78 is 20.1. The summed E-state index contributed by atoms with van der Waals surface area (Å²) in [6, 6.07) is 6.98. The van der Waals surface area contributed by atoms with Crippen molar-refractivity contribution in [3.05, 3.63) is 46.5 Å². The van der Waals surface area contributed by atoms with E-state index >= 15 is 0 Å². The number of carbonyl (C=O) groups excluding carboxylic acids is 1. The first-order valence-electron chi connectivity index (χ1n) is 7.12. The second-order valence-corrected chi connectivity index (χ2v) is 5.28. The number of aromatic nitrogens is 2. The third-order valence-corrected chi connectivity index (χ3v) is 3.06. The van der Waals surface area contributed by atoms with Gasteiger partial charge >= 0.3 is 0 Å². The van der Waals surface area contributed by atoms with Gasteiger partial charge in [-0.15, -0.1) is 0 Å². The summed E-state index contributed by atoms with van der Waals surface area (Å²) in [5, 5.41) is 6.74. The Labute approximate surface area is 132 Å². The minimum atomic E-state index is -0.520. The van der Waals surface area contributed by atoms with Gasteiger partial charge in [0.1, 0.15) is 18.1 Å². The molecule has 0 atom stereocenters. The van der Waals surface area contributed by atoms with E-state index in [2.05, 4.69) is 10.4 Å². The number of rotatable bonds is 5. The highest BCUT2D eigenvalue weighted by molar-refractivity contribution is 5.75. The summed E-state index contributed by atoms with van der Waals surface area (Å²) in [7, 11) is 1.44. The predicted octanol–water partition coefficient (Wildman–Crippen LogP) is 1.58. The zero-order valence-electron chi connectivity index (χ0n) is 13.2. The minimum absolute atomic E-state index is 0.0413. The number of methoxy groups -OCH3 is 1. The van der Waals surface area contributed by atoms with Gasteiger partial charge < -0.3 is 10.1 Å². The summed E-state index contributed by atoms with van der Waals surface area (Å²) in [6.07, 6.45) is 0. The Morgan fingerprint density at radius 1 is 1.35 bits per heavy atom. The molecule has 1 heterocycles. The van der Waals surface area contributed by atoms with E-state index in [9.17, 15) is 14.0 Å². The molecule has 7 heteroatoms. The maximum Gasteiger partial charge on any atom is 0.267 e. The highest BCUT2D eigenvalue weighted by atomic mass is 19.1. The van der Waals surface area contributed by atoms with Gasteiger partial charge in [-0.25, -0.2) is 9.07 Å². The molecule has 0 radical (unpaired) electrons. The van der Waals surface area contributed by atoms with Gasteiger partial charge in [0.25, 0.3) is 5.56 Å². The fourth-order valence-corrected chi connectivity index (χ4v) is 2.04. The molecule has 0 aliphatic heterocycles. The van der Waals surface area contributed by atoms with Crippen molar-refractivity contribution in [2.24, 2.45) is 0 Å². The standard InChI is InChI=1S/C16H18FN3O3/c1-10(2)18-15(21)9-20-16(22)7-6-14(19-20)12-5-4-11(23-3)8-13(12)17/h4-8,10H,9H2,1-3H3,(H,18,21). The molecule has 0 fully saturated rings. The molecule has 2 aromatic rings. The first-order chi connectivity index (χ1) is 10.9. The number of nitrogens with one attached hydrogen (secondary N) is 1. The molecule has 2 rings (SSSR count). The van der Waals surface area contributed by atoms with Gasteiger partial charge in [-0.05, 0) is 32.0 Å². The number of ether oxygens (including phenoxy) is 1. The summed E-state index contributed by atoms with van der Waals surface area (Å²) in [5.41, 5.74) is 0.0625. The fourth-order valence-electron chi connectivity index (χ4n) is 2.04. The van der Waals surface area contributed by atoms with Crippen LogP contribution in [-0.4, -0.2) is 28.8 Å². The van der Waals surface area contributed by atoms with E-state index in [1.807, 2.05) is 13.8 Å². The zero-order chi connectivity index (χ0) is 17.0. The van der Waals surface area contributed by atoms with Gasteiger partial charge in [0, 0.05) is 23.7 Å². The molecule has 0 spiro atoms. The Morgan fingerprint density at radius 2 is 2.09 bits per heavy atom. The molecule has 0 saturated carbocycles. The minimum Gasteiger partial charge on any atom is -0.497 e. The number of hydrogen-bond donors (Lipinski definition) is 1. The van der Waals surface area contributed by atoms with Crippen LogP contribution in [0.5, 0.6) is 5.75 Å². The summed E-state index contributed by atoms with van der Waals surface area (Å²) in [4.78, 5) is 23.6. The Kier molecular flexibility index (Phi) is 5.10. The SMILES string of the molecule is COc1ccc(-c2ccc(=O)n(CC(=O)NC(C)C)n2)c(F)c1. The monoisotopic (exact) mass is 319 g/mol. The van der Waals surface area contributed by atoms with Crippen molar-refractivity contribution in [1.82, 2.24) is 15.1 Å². The molecule has 1 amide bonds. The second kappa shape index (κ2) is 7.04. The Morgan fingerprint density at radius 3 is 2.70 bits per heavy atom. The Hall–Kier alpha value is -2.70. The molecule has 0 saturated heterocycles. The fraction of sp³-hybridized carbons (Fsp3) is 0.312. The van der Waals surface area contributed by atoms with Crippen LogP contribution in [0.1, 0.15) is 13.8 Å². The van der Waals surface area contributed by atoms with Gasteiger partial charge in [-0.2, -0.15) is 5.10 Å². The van der Waals surface area contributed by atoms with Crippen molar-refractivity contribution in [3.63, 3.8) is 0 Å². The number of carbonyl (C=O) groups is 1. The lowest BCUT2D eigenvalue weighted by atomic mass is 10.1. The molecule has 23 heavy (non-hydrogen) atoms. The summed E-state index contributed by atoms with van der Waals surface area (Å²) in [6.45, 7) is 3.41. The van der Waals surface area contributed by atoms with Crippen molar-refractivity contribution in [3.8, 4) is 17.0 Å². The number of hydrogen-bond acceptors (Lipinski definition) is 4. The molecular weight excluding hydrogens is 301 g/mol. The van der Waals surface area contributed by atoms with E-state index in [1.165, 1.54) is 31.4 Å². The topological polar surface area (TPSA) is 73.2 Å². The first kappa shape index (κ1) is 16.7. The first-order valence-corrected chi connectivity index (χ1v) is 7.12. The largest absolute Gasteiger partial charge is 0.497 e. The lowest BCUT2D eigenvalue weighted by molar-refractivity contribution is -0.122. The zero-order valence-corrected chi connectivity index (χ0v) is 13.2. The van der Waals surface area contributed by atoms with Crippen LogP contribution >= 0.6 is 0 Å². The van der Waals surface area contributed by atoms with Gasteiger partial charge in [-0.1, -0.05) is 0 Å². The van der Waals surface area contributed by atoms with Crippen LogP contribution in [-0.2, 0) is 11.3 Å². The van der Waals surface area contributed by atoms with E-state index in [0.29, 0.717) is 5.75 Å². The molecule has 1 aromatic heterocycles. The number of nitrogens with zero attached hydrogens (tertiary/aromatic N) is 2. The van der Waals surface area contributed by atoms with Crippen LogP contribution in [0.4, 0.5) is 4.39 Å². The van der Waals surface area contributed by atoms with Crippen molar-refractivity contribution < 1.29 is 13.9 Å². The molecule has 0 bridgehead atoms. The normalized spacial score (nSPS) is 10.7. The maximum absolute atomic E-state index is 14.1. The molecule has 122 valence electrons. The average Bonchev–Trinajstić information content (AvgIpc) is 2.48. The molecule has 0 aliphatic rings. The molecular formula is C16H18FN3O3. The van der Waals surface area contributed by atoms with Crippen molar-refractivity contribution in [2.75, 3.05) is 7.11 Å². The molecule has 0 aliphatic carbocycles. The van der Waals surface area contributed by atoms with Gasteiger partial charge in [0.05, 0.1) is 12.8 Å². The Bertz CT molecular complexity index is 771. The highest BCUT2D eigenvalue weighted by Crippen LogP contribution is 2.23. The van der Waals surface area contributed by atoms with E-state index < -0.39 is 11.4 Å². The summed E-state index contributed by atoms with van der Waals surface area (Å²) >= 11 is 0. The third-order valence-electron chi connectivity index (χ3n) is 3.06. The molecule has 1 aromatic carbocycles. The van der Waals surface area contributed by atoms with E-state index in [1.54, 1.807) is 6.07 Å². The van der Waals surface area contributed by atoms with Crippen LogP contribution in [0, 0.1) is 5.82 Å². The molecule has 0 unspecified atom stereocenters. The average molecular weight is 319 g/mol. The van der Waals surface area contributed by atoms with Crippen LogP contribution in [0.3, 0.4) is 0 Å².